The summed E-state index contributed by atoms with van der Waals surface area (Å²) in [6.07, 6.45) is 2.33. The van der Waals surface area contributed by atoms with Gasteiger partial charge in [0.25, 0.3) is 0 Å². The Morgan fingerprint density at radius 1 is 1.31 bits per heavy atom. The summed E-state index contributed by atoms with van der Waals surface area (Å²) in [6.45, 7) is 0. The Balaban J connectivity index is 2.72. The first-order chi connectivity index (χ1) is 6.36. The molecular formula is C11H9NS. The van der Waals surface area contributed by atoms with E-state index < -0.39 is 0 Å². The predicted octanol–water partition coefficient (Wildman–Crippen LogP) is 2.67. The molecule has 0 aliphatic rings. The summed E-state index contributed by atoms with van der Waals surface area (Å²) in [5.74, 6) is 5.69. The molecule has 2 heteroatoms. The second kappa shape index (κ2) is 5.30. The van der Waals surface area contributed by atoms with Gasteiger partial charge in [0.2, 0.25) is 0 Å². The highest BCUT2D eigenvalue weighted by atomic mass is 32.2. The van der Waals surface area contributed by atoms with Crippen LogP contribution in [0.2, 0.25) is 0 Å². The maximum Gasteiger partial charge on any atom is 0.0966 e. The highest BCUT2D eigenvalue weighted by Crippen LogP contribution is 2.14. The topological polar surface area (TPSA) is 23.8 Å². The molecule has 13 heavy (non-hydrogen) atoms. The van der Waals surface area contributed by atoms with Crippen molar-refractivity contribution in [3.63, 3.8) is 0 Å². The van der Waals surface area contributed by atoms with Crippen molar-refractivity contribution in [2.24, 2.45) is 0 Å². The van der Waals surface area contributed by atoms with Crippen LogP contribution in [0.3, 0.4) is 0 Å². The smallest absolute Gasteiger partial charge is 0.0966 e. The van der Waals surface area contributed by atoms with E-state index in [2.05, 4.69) is 11.8 Å². The molecule has 1 nitrogen and oxygen atoms in total. The van der Waals surface area contributed by atoms with E-state index in [0.29, 0.717) is 6.42 Å². The lowest BCUT2D eigenvalue weighted by Crippen LogP contribution is -1.74. The summed E-state index contributed by atoms with van der Waals surface area (Å²) in [7, 11) is 0. The normalized spacial score (nSPS) is 8.31. The molecule has 0 bridgehead atoms. The van der Waals surface area contributed by atoms with Crippen LogP contribution >= 0.6 is 11.8 Å². The molecule has 0 aromatic heterocycles. The molecule has 0 unspecified atom stereocenters. The third-order valence-electron chi connectivity index (χ3n) is 1.49. The van der Waals surface area contributed by atoms with Gasteiger partial charge >= 0.3 is 0 Å². The SMILES string of the molecule is CSc1ccc(C#CCC#N)cc1. The molecule has 64 valence electrons. The summed E-state index contributed by atoms with van der Waals surface area (Å²) in [5.41, 5.74) is 0.966. The number of nitriles is 1. The summed E-state index contributed by atoms with van der Waals surface area (Å²) >= 11 is 1.71. The highest BCUT2D eigenvalue weighted by molar-refractivity contribution is 7.98. The van der Waals surface area contributed by atoms with Gasteiger partial charge in [-0.3, -0.25) is 0 Å². The van der Waals surface area contributed by atoms with E-state index in [1.54, 1.807) is 11.8 Å². The van der Waals surface area contributed by atoms with Crippen LogP contribution in [0.4, 0.5) is 0 Å². The van der Waals surface area contributed by atoms with Gasteiger partial charge in [0.05, 0.1) is 12.5 Å². The van der Waals surface area contributed by atoms with Crippen molar-refractivity contribution < 1.29 is 0 Å². The minimum Gasteiger partial charge on any atom is -0.197 e. The van der Waals surface area contributed by atoms with Crippen molar-refractivity contribution in [1.82, 2.24) is 0 Å². The number of hydrogen-bond donors (Lipinski definition) is 0. The fourth-order valence-electron chi connectivity index (χ4n) is 0.860. The van der Waals surface area contributed by atoms with Crippen molar-refractivity contribution in [2.45, 2.75) is 11.3 Å². The maximum absolute atomic E-state index is 8.27. The Bertz CT molecular complexity index is 362. The summed E-state index contributed by atoms with van der Waals surface area (Å²) in [5, 5.41) is 8.27. The van der Waals surface area contributed by atoms with Crippen molar-refractivity contribution >= 4 is 11.8 Å². The van der Waals surface area contributed by atoms with Crippen molar-refractivity contribution in [3.05, 3.63) is 29.8 Å². The van der Waals surface area contributed by atoms with E-state index in [4.69, 9.17) is 5.26 Å². The van der Waals surface area contributed by atoms with Crippen molar-refractivity contribution in [1.29, 1.82) is 5.26 Å². The van der Waals surface area contributed by atoms with Gasteiger partial charge in [0.1, 0.15) is 0 Å². The van der Waals surface area contributed by atoms with Gasteiger partial charge in [-0.2, -0.15) is 5.26 Å². The van der Waals surface area contributed by atoms with Crippen molar-refractivity contribution in [3.8, 4) is 17.9 Å². The Morgan fingerprint density at radius 3 is 2.54 bits per heavy atom. The van der Waals surface area contributed by atoms with Crippen LogP contribution < -0.4 is 0 Å². The first-order valence-corrected chi connectivity index (χ1v) is 5.09. The van der Waals surface area contributed by atoms with E-state index in [1.165, 1.54) is 4.90 Å². The van der Waals surface area contributed by atoms with E-state index in [-0.39, 0.29) is 0 Å². The first-order valence-electron chi connectivity index (χ1n) is 3.86. The molecule has 0 saturated heterocycles. The zero-order chi connectivity index (χ0) is 9.52. The van der Waals surface area contributed by atoms with Crippen LogP contribution in [0.5, 0.6) is 0 Å². The molecule has 0 fully saturated rings. The fraction of sp³-hybridized carbons (Fsp3) is 0.182. The molecule has 0 N–H and O–H groups in total. The number of thioether (sulfide) groups is 1. The monoisotopic (exact) mass is 187 g/mol. The van der Waals surface area contributed by atoms with Gasteiger partial charge in [0.15, 0.2) is 0 Å². The third kappa shape index (κ3) is 3.23. The van der Waals surface area contributed by atoms with E-state index in [9.17, 15) is 0 Å². The quantitative estimate of drug-likeness (QED) is 0.498. The lowest BCUT2D eigenvalue weighted by Gasteiger charge is -1.94. The standard InChI is InChI=1S/C11H9NS/c1-13-11-7-5-10(6-8-11)4-2-3-9-12/h5-8H,3H2,1H3. The minimum absolute atomic E-state index is 0.296. The lowest BCUT2D eigenvalue weighted by molar-refractivity contribution is 1.39. The largest absolute Gasteiger partial charge is 0.197 e. The first kappa shape index (κ1) is 9.71. The second-order valence-corrected chi connectivity index (χ2v) is 3.24. The Morgan fingerprint density at radius 2 is 2.00 bits per heavy atom. The highest BCUT2D eigenvalue weighted by Gasteiger charge is 1.88. The molecule has 0 aliphatic heterocycles. The molecule has 1 aromatic carbocycles. The fourth-order valence-corrected chi connectivity index (χ4v) is 1.27. The molecule has 1 rings (SSSR count). The van der Waals surface area contributed by atoms with Crippen LogP contribution in [0.1, 0.15) is 12.0 Å². The number of rotatable bonds is 1. The molecule has 0 atom stereocenters. The lowest BCUT2D eigenvalue weighted by atomic mass is 10.2. The molecule has 0 amide bonds. The van der Waals surface area contributed by atoms with Crippen LogP contribution in [0.15, 0.2) is 29.2 Å². The third-order valence-corrected chi connectivity index (χ3v) is 2.23. The Labute approximate surface area is 82.8 Å². The summed E-state index contributed by atoms with van der Waals surface area (Å²) < 4.78 is 0. The van der Waals surface area contributed by atoms with Gasteiger partial charge in [-0.15, -0.1) is 11.8 Å². The minimum atomic E-state index is 0.296. The summed E-state index contributed by atoms with van der Waals surface area (Å²) in [6, 6.07) is 9.98. The molecule has 0 heterocycles. The van der Waals surface area contributed by atoms with E-state index in [0.717, 1.165) is 5.56 Å². The number of nitrogens with zero attached hydrogens (tertiary/aromatic N) is 1. The molecule has 0 spiro atoms. The Kier molecular flexibility index (Phi) is 3.96. The van der Waals surface area contributed by atoms with E-state index >= 15 is 0 Å². The van der Waals surface area contributed by atoms with E-state index in [1.807, 2.05) is 36.6 Å². The zero-order valence-electron chi connectivity index (χ0n) is 7.37. The van der Waals surface area contributed by atoms with Crippen LogP contribution in [0.25, 0.3) is 0 Å². The predicted molar refractivity (Wildman–Crippen MR) is 55.3 cm³/mol. The maximum atomic E-state index is 8.27. The number of hydrogen-bond acceptors (Lipinski definition) is 2. The molecule has 0 radical (unpaired) electrons. The van der Waals surface area contributed by atoms with Gasteiger partial charge in [-0.25, -0.2) is 0 Å². The van der Waals surface area contributed by atoms with Crippen LogP contribution in [-0.2, 0) is 0 Å². The molecular weight excluding hydrogens is 178 g/mol. The molecule has 1 aromatic rings. The zero-order valence-corrected chi connectivity index (χ0v) is 8.19. The number of benzene rings is 1. The average molecular weight is 187 g/mol. The van der Waals surface area contributed by atoms with Gasteiger partial charge in [-0.1, -0.05) is 11.8 Å². The van der Waals surface area contributed by atoms with Crippen molar-refractivity contribution in [2.75, 3.05) is 6.26 Å². The average Bonchev–Trinajstić information content (AvgIpc) is 2.19. The van der Waals surface area contributed by atoms with Gasteiger partial charge in [0, 0.05) is 10.5 Å². The summed E-state index contributed by atoms with van der Waals surface area (Å²) in [4.78, 5) is 1.23. The van der Waals surface area contributed by atoms with Gasteiger partial charge < -0.3 is 0 Å². The second-order valence-electron chi connectivity index (χ2n) is 2.37. The van der Waals surface area contributed by atoms with Crippen LogP contribution in [0, 0.1) is 23.2 Å². The van der Waals surface area contributed by atoms with Gasteiger partial charge in [-0.05, 0) is 30.5 Å². The molecule has 0 aliphatic carbocycles. The van der Waals surface area contributed by atoms with Crippen LogP contribution in [-0.4, -0.2) is 6.26 Å². The Hall–Kier alpha value is -1.38. The molecule has 0 saturated carbocycles.